The zero-order valence-corrected chi connectivity index (χ0v) is 19.8. The van der Waals surface area contributed by atoms with E-state index >= 15 is 0 Å². The van der Waals surface area contributed by atoms with E-state index in [1.807, 2.05) is 36.7 Å². The van der Waals surface area contributed by atoms with Gasteiger partial charge in [0.15, 0.2) is 0 Å². The van der Waals surface area contributed by atoms with Crippen LogP contribution in [0, 0.1) is 0 Å². The number of benzene rings is 2. The first-order valence-corrected chi connectivity index (χ1v) is 12.9. The highest BCUT2D eigenvalue weighted by molar-refractivity contribution is 7.18. The topological polar surface area (TPSA) is 64.1 Å². The van der Waals surface area contributed by atoms with Crippen LogP contribution >= 0.6 is 11.3 Å². The fourth-order valence-electron chi connectivity index (χ4n) is 5.09. The Balaban J connectivity index is 1.19. The molecule has 34 heavy (non-hydrogen) atoms. The maximum absolute atomic E-state index is 12.5. The van der Waals surface area contributed by atoms with Gasteiger partial charge in [-0.2, -0.15) is 0 Å². The third-order valence-electron chi connectivity index (χ3n) is 6.88. The summed E-state index contributed by atoms with van der Waals surface area (Å²) in [4.78, 5) is 21.5. The highest BCUT2D eigenvalue weighted by atomic mass is 32.1. The first kappa shape index (κ1) is 21.3. The molecule has 1 amide bonds. The number of pyridine rings is 1. The van der Waals surface area contributed by atoms with E-state index in [0.717, 1.165) is 46.7 Å². The Morgan fingerprint density at radius 3 is 2.74 bits per heavy atom. The predicted molar refractivity (Wildman–Crippen MR) is 135 cm³/mol. The van der Waals surface area contributed by atoms with Gasteiger partial charge in [-0.05, 0) is 71.8 Å². The summed E-state index contributed by atoms with van der Waals surface area (Å²) in [6, 6.07) is 17.0. The molecule has 2 aliphatic rings. The number of amides is 1. The Morgan fingerprint density at radius 1 is 1.03 bits per heavy atom. The Bertz CT molecular complexity index is 1330. The number of rotatable bonds is 5. The van der Waals surface area contributed by atoms with E-state index in [4.69, 9.17) is 9.72 Å². The van der Waals surface area contributed by atoms with Crippen molar-refractivity contribution in [3.05, 3.63) is 77.1 Å². The highest BCUT2D eigenvalue weighted by Gasteiger charge is 2.25. The summed E-state index contributed by atoms with van der Waals surface area (Å²) in [6.45, 7) is 0.631. The zero-order valence-electron chi connectivity index (χ0n) is 19.0. The molecule has 0 spiro atoms. The van der Waals surface area contributed by atoms with Gasteiger partial charge in [0.1, 0.15) is 10.8 Å². The Kier molecular flexibility index (Phi) is 5.75. The minimum atomic E-state index is 0.122. The van der Waals surface area contributed by atoms with Gasteiger partial charge in [0.25, 0.3) is 0 Å². The number of thiazole rings is 1. The summed E-state index contributed by atoms with van der Waals surface area (Å²) in [6.07, 6.45) is 9.61. The fourth-order valence-corrected chi connectivity index (χ4v) is 6.18. The lowest BCUT2D eigenvalue weighted by Crippen LogP contribution is -2.33. The lowest BCUT2D eigenvalue weighted by molar-refractivity contribution is -0.121. The maximum atomic E-state index is 12.5. The molecule has 1 aliphatic heterocycles. The lowest BCUT2D eigenvalue weighted by atomic mass is 9.95. The van der Waals surface area contributed by atoms with Crippen molar-refractivity contribution in [2.75, 3.05) is 6.61 Å². The number of nitrogens with zero attached hydrogens (tertiary/aromatic N) is 2. The third kappa shape index (κ3) is 4.42. The molecule has 1 unspecified atom stereocenters. The molecule has 1 fully saturated rings. The number of hydrogen-bond acceptors (Lipinski definition) is 5. The Morgan fingerprint density at radius 2 is 1.88 bits per heavy atom. The van der Waals surface area contributed by atoms with Crippen LogP contribution in [-0.2, 0) is 17.6 Å². The van der Waals surface area contributed by atoms with Gasteiger partial charge in [-0.25, -0.2) is 4.98 Å². The summed E-state index contributed by atoms with van der Waals surface area (Å²) in [5.74, 6) is 1.27. The number of hydrogen-bond donors (Lipinski definition) is 1. The summed E-state index contributed by atoms with van der Waals surface area (Å²) in [7, 11) is 0. The van der Waals surface area contributed by atoms with E-state index < -0.39 is 0 Å². The molecule has 5 nitrogen and oxygen atoms in total. The van der Waals surface area contributed by atoms with Crippen molar-refractivity contribution < 1.29 is 9.53 Å². The molecule has 0 saturated heterocycles. The van der Waals surface area contributed by atoms with Gasteiger partial charge >= 0.3 is 0 Å². The van der Waals surface area contributed by atoms with Crippen molar-refractivity contribution in [1.82, 2.24) is 15.3 Å². The fraction of sp³-hybridized carbons (Fsp3) is 0.321. The number of carbonyl (C=O) groups is 1. The summed E-state index contributed by atoms with van der Waals surface area (Å²) in [5.41, 5.74) is 5.58. The summed E-state index contributed by atoms with van der Waals surface area (Å²) >= 11 is 1.75. The van der Waals surface area contributed by atoms with E-state index in [1.54, 1.807) is 11.3 Å². The molecule has 6 rings (SSSR count). The van der Waals surface area contributed by atoms with Gasteiger partial charge in [0.05, 0.1) is 23.2 Å². The predicted octanol–water partition coefficient (Wildman–Crippen LogP) is 5.68. The van der Waals surface area contributed by atoms with Crippen LogP contribution in [0.25, 0.3) is 21.3 Å². The van der Waals surface area contributed by atoms with Crippen molar-refractivity contribution >= 4 is 27.5 Å². The van der Waals surface area contributed by atoms with Gasteiger partial charge < -0.3 is 10.1 Å². The SMILES string of the molecule is O=C(Cc1ccc2c(c1)CC(c1nc3ccc(-c4ccncc4)cc3s1)CO2)NC1CCCC1. The molecule has 0 radical (unpaired) electrons. The molecule has 3 heterocycles. The van der Waals surface area contributed by atoms with Crippen LogP contribution in [-0.4, -0.2) is 28.5 Å². The highest BCUT2D eigenvalue weighted by Crippen LogP contribution is 2.37. The van der Waals surface area contributed by atoms with Crippen molar-refractivity contribution in [3.63, 3.8) is 0 Å². The second-order valence-electron chi connectivity index (χ2n) is 9.35. The number of nitrogens with one attached hydrogen (secondary N) is 1. The van der Waals surface area contributed by atoms with Crippen LogP contribution in [0.4, 0.5) is 0 Å². The Labute approximate surface area is 203 Å². The average molecular weight is 470 g/mol. The monoisotopic (exact) mass is 469 g/mol. The first-order valence-electron chi connectivity index (χ1n) is 12.1. The minimum Gasteiger partial charge on any atom is -0.493 e. The molecule has 2 aromatic carbocycles. The molecule has 1 saturated carbocycles. The van der Waals surface area contributed by atoms with Crippen LogP contribution in [0.3, 0.4) is 0 Å². The lowest BCUT2D eigenvalue weighted by Gasteiger charge is -2.24. The maximum Gasteiger partial charge on any atom is 0.224 e. The second kappa shape index (κ2) is 9.18. The molecule has 1 aliphatic carbocycles. The van der Waals surface area contributed by atoms with Gasteiger partial charge in [-0.3, -0.25) is 9.78 Å². The number of aromatic nitrogens is 2. The van der Waals surface area contributed by atoms with Crippen molar-refractivity contribution in [1.29, 1.82) is 0 Å². The number of ether oxygens (including phenoxy) is 1. The van der Waals surface area contributed by atoms with Gasteiger partial charge in [0, 0.05) is 24.4 Å². The van der Waals surface area contributed by atoms with Gasteiger partial charge in [-0.1, -0.05) is 31.0 Å². The molecule has 1 atom stereocenters. The quantitative estimate of drug-likeness (QED) is 0.409. The average Bonchev–Trinajstić information content (AvgIpc) is 3.53. The Hall–Kier alpha value is -3.25. The van der Waals surface area contributed by atoms with E-state index in [0.29, 0.717) is 19.1 Å². The third-order valence-corrected chi connectivity index (χ3v) is 8.06. The first-order chi connectivity index (χ1) is 16.7. The smallest absolute Gasteiger partial charge is 0.224 e. The van der Waals surface area contributed by atoms with Crippen molar-refractivity contribution in [2.45, 2.75) is 50.5 Å². The van der Waals surface area contributed by atoms with E-state index in [-0.39, 0.29) is 11.8 Å². The molecule has 2 aromatic heterocycles. The molecule has 172 valence electrons. The van der Waals surface area contributed by atoms with Crippen LogP contribution < -0.4 is 10.1 Å². The molecule has 1 N–H and O–H groups in total. The van der Waals surface area contributed by atoms with Crippen molar-refractivity contribution in [3.8, 4) is 16.9 Å². The zero-order chi connectivity index (χ0) is 22.9. The minimum absolute atomic E-state index is 0.122. The normalized spacial score (nSPS) is 17.9. The van der Waals surface area contributed by atoms with E-state index in [2.05, 4.69) is 34.6 Å². The number of carbonyl (C=O) groups excluding carboxylic acids is 1. The standard InChI is InChI=1S/C28H27N3O2S/c32-27(30-23-3-1-2-4-23)14-18-5-8-25-21(13-18)15-22(17-33-25)28-31-24-7-6-20(16-26(24)34-28)19-9-11-29-12-10-19/h5-13,16,22-23H,1-4,14-15,17H2,(H,30,32). The van der Waals surface area contributed by atoms with Gasteiger partial charge in [-0.15, -0.1) is 11.3 Å². The summed E-state index contributed by atoms with van der Waals surface area (Å²) < 4.78 is 7.29. The molecule has 0 bridgehead atoms. The molecule has 6 heteroatoms. The van der Waals surface area contributed by atoms with E-state index in [1.165, 1.54) is 28.7 Å². The molecule has 4 aromatic rings. The number of fused-ring (bicyclic) bond motifs is 2. The summed E-state index contributed by atoms with van der Waals surface area (Å²) in [5, 5.41) is 4.30. The van der Waals surface area contributed by atoms with Crippen molar-refractivity contribution in [2.24, 2.45) is 0 Å². The largest absolute Gasteiger partial charge is 0.493 e. The van der Waals surface area contributed by atoms with Gasteiger partial charge in [0.2, 0.25) is 5.91 Å². The van der Waals surface area contributed by atoms with Crippen LogP contribution in [0.15, 0.2) is 60.9 Å². The van der Waals surface area contributed by atoms with Crippen LogP contribution in [0.1, 0.15) is 47.7 Å². The van der Waals surface area contributed by atoms with E-state index in [9.17, 15) is 4.79 Å². The molecular weight excluding hydrogens is 442 g/mol. The molecular formula is C28H27N3O2S. The van der Waals surface area contributed by atoms with Crippen LogP contribution in [0.2, 0.25) is 0 Å². The second-order valence-corrected chi connectivity index (χ2v) is 10.4. The van der Waals surface area contributed by atoms with Crippen LogP contribution in [0.5, 0.6) is 5.75 Å².